The molecule has 0 saturated carbocycles. The van der Waals surface area contributed by atoms with Crippen LogP contribution in [0.15, 0.2) is 18.3 Å². The molecule has 0 aliphatic rings. The van der Waals surface area contributed by atoms with E-state index in [0.29, 0.717) is 5.69 Å². The van der Waals surface area contributed by atoms with Crippen molar-refractivity contribution in [2.45, 2.75) is 26.3 Å². The highest BCUT2D eigenvalue weighted by atomic mass is 19.3. The molecule has 13 heavy (non-hydrogen) atoms. The van der Waals surface area contributed by atoms with E-state index in [4.69, 9.17) is 0 Å². The van der Waals surface area contributed by atoms with E-state index >= 15 is 0 Å². The molecule has 4 heteroatoms. The lowest BCUT2D eigenvalue weighted by atomic mass is 10.3. The van der Waals surface area contributed by atoms with Crippen molar-refractivity contribution in [2.75, 3.05) is 0 Å². The Morgan fingerprint density at radius 2 is 2.23 bits per heavy atom. The number of hydrogen-bond donors (Lipinski definition) is 0. The van der Waals surface area contributed by atoms with Crippen molar-refractivity contribution < 1.29 is 13.6 Å². The van der Waals surface area contributed by atoms with Crippen LogP contribution < -0.4 is 0 Å². The highest BCUT2D eigenvalue weighted by molar-refractivity contribution is 5.92. The van der Waals surface area contributed by atoms with Crippen LogP contribution in [-0.2, 0) is 6.54 Å². The zero-order valence-corrected chi connectivity index (χ0v) is 7.55. The van der Waals surface area contributed by atoms with Gasteiger partial charge in [-0.3, -0.25) is 4.79 Å². The summed E-state index contributed by atoms with van der Waals surface area (Å²) in [6.45, 7) is 1.74. The summed E-state index contributed by atoms with van der Waals surface area (Å²) in [4.78, 5) is 10.9. The second-order valence-electron chi connectivity index (χ2n) is 3.15. The van der Waals surface area contributed by atoms with Gasteiger partial charge < -0.3 is 4.57 Å². The quantitative estimate of drug-likeness (QED) is 0.666. The maximum absolute atomic E-state index is 12.6. The number of nitrogens with zero attached hydrogens (tertiary/aromatic N) is 1. The van der Waals surface area contributed by atoms with Gasteiger partial charge in [-0.05, 0) is 12.1 Å². The highest BCUT2D eigenvalue weighted by Gasteiger charge is 2.23. The number of rotatable bonds is 3. The fourth-order valence-corrected chi connectivity index (χ4v) is 1.17. The van der Waals surface area contributed by atoms with Crippen LogP contribution in [0.4, 0.5) is 8.78 Å². The molecule has 0 unspecified atom stereocenters. The van der Waals surface area contributed by atoms with E-state index in [-0.39, 0.29) is 5.78 Å². The van der Waals surface area contributed by atoms with E-state index in [1.807, 2.05) is 0 Å². The van der Waals surface area contributed by atoms with Crippen LogP contribution in [0.1, 0.15) is 24.3 Å². The lowest BCUT2D eigenvalue weighted by molar-refractivity contribution is 0.00358. The first-order valence-electron chi connectivity index (χ1n) is 3.94. The van der Waals surface area contributed by atoms with E-state index in [0.717, 1.165) is 6.92 Å². The summed E-state index contributed by atoms with van der Waals surface area (Å²) in [5, 5.41) is 0. The zero-order chi connectivity index (χ0) is 10.1. The number of carbonyl (C=O) groups is 1. The van der Waals surface area contributed by atoms with E-state index in [9.17, 15) is 13.6 Å². The molecule has 0 saturated heterocycles. The minimum absolute atomic E-state index is 0.200. The molecule has 0 bridgehead atoms. The van der Waals surface area contributed by atoms with Gasteiger partial charge in [0, 0.05) is 20.0 Å². The summed E-state index contributed by atoms with van der Waals surface area (Å²) in [5.41, 5.74) is 0.321. The average molecular weight is 187 g/mol. The maximum Gasteiger partial charge on any atom is 0.262 e. The summed E-state index contributed by atoms with van der Waals surface area (Å²) < 4.78 is 26.5. The summed E-state index contributed by atoms with van der Waals surface area (Å²) in [6.07, 6.45) is 1.48. The molecule has 0 N–H and O–H groups in total. The van der Waals surface area contributed by atoms with E-state index < -0.39 is 12.5 Å². The Bertz CT molecular complexity index is 312. The molecular formula is C9H11F2NO. The fourth-order valence-electron chi connectivity index (χ4n) is 1.17. The minimum Gasteiger partial charge on any atom is -0.339 e. The second kappa shape index (κ2) is 3.28. The molecule has 0 aliphatic carbocycles. The van der Waals surface area contributed by atoms with E-state index in [1.54, 1.807) is 6.07 Å². The largest absolute Gasteiger partial charge is 0.339 e. The van der Waals surface area contributed by atoms with Gasteiger partial charge in [0.05, 0.1) is 12.2 Å². The molecule has 0 atom stereocenters. The highest BCUT2D eigenvalue weighted by Crippen LogP contribution is 2.16. The minimum atomic E-state index is -2.79. The zero-order valence-electron chi connectivity index (χ0n) is 7.55. The first-order chi connectivity index (χ1) is 5.90. The average Bonchev–Trinajstić information content (AvgIpc) is 2.31. The van der Waals surface area contributed by atoms with Gasteiger partial charge in [-0.15, -0.1) is 0 Å². The smallest absolute Gasteiger partial charge is 0.262 e. The molecule has 0 radical (unpaired) electrons. The third kappa shape index (κ3) is 2.65. The van der Waals surface area contributed by atoms with Gasteiger partial charge in [-0.25, -0.2) is 8.78 Å². The van der Waals surface area contributed by atoms with Crippen molar-refractivity contribution in [2.24, 2.45) is 0 Å². The number of Topliss-reactive ketones (excluding diaryl/α,β-unsaturated/α-hetero) is 1. The van der Waals surface area contributed by atoms with Crippen LogP contribution in [0.3, 0.4) is 0 Å². The van der Waals surface area contributed by atoms with Crippen molar-refractivity contribution in [3.63, 3.8) is 0 Å². The predicted octanol–water partition coefficient (Wildman–Crippen LogP) is 2.35. The first kappa shape index (κ1) is 9.89. The van der Waals surface area contributed by atoms with Crippen LogP contribution in [0.5, 0.6) is 0 Å². The van der Waals surface area contributed by atoms with Crippen molar-refractivity contribution >= 4 is 5.78 Å². The van der Waals surface area contributed by atoms with Crippen LogP contribution in [-0.4, -0.2) is 16.3 Å². The van der Waals surface area contributed by atoms with Gasteiger partial charge in [-0.2, -0.15) is 0 Å². The molecule has 0 spiro atoms. The number of hydrogen-bond acceptors (Lipinski definition) is 1. The summed E-state index contributed by atoms with van der Waals surface area (Å²) in [7, 11) is 0. The molecule has 1 rings (SSSR count). The molecular weight excluding hydrogens is 176 g/mol. The number of ketones is 1. The Morgan fingerprint density at radius 3 is 2.69 bits per heavy atom. The Morgan fingerprint density at radius 1 is 1.62 bits per heavy atom. The molecule has 1 heterocycles. The molecule has 0 aromatic carbocycles. The molecule has 0 amide bonds. The monoisotopic (exact) mass is 187 g/mol. The van der Waals surface area contributed by atoms with Crippen LogP contribution in [0.25, 0.3) is 0 Å². The summed E-state index contributed by atoms with van der Waals surface area (Å²) in [5.74, 6) is -2.99. The van der Waals surface area contributed by atoms with Gasteiger partial charge in [0.2, 0.25) is 0 Å². The van der Waals surface area contributed by atoms with Crippen LogP contribution in [0.2, 0.25) is 0 Å². The second-order valence-corrected chi connectivity index (χ2v) is 3.15. The molecule has 0 aliphatic heterocycles. The Kier molecular flexibility index (Phi) is 2.50. The lowest BCUT2D eigenvalue weighted by Gasteiger charge is -2.12. The Labute approximate surface area is 75.2 Å². The SMILES string of the molecule is CC(=O)c1cccn1CC(C)(F)F. The number of carbonyl (C=O) groups excluding carboxylic acids is 1. The van der Waals surface area contributed by atoms with Gasteiger partial charge >= 0.3 is 0 Å². The molecule has 72 valence electrons. The van der Waals surface area contributed by atoms with Gasteiger partial charge in [0.15, 0.2) is 5.78 Å². The third-order valence-electron chi connectivity index (χ3n) is 1.64. The van der Waals surface area contributed by atoms with Crippen molar-refractivity contribution in [1.82, 2.24) is 4.57 Å². The third-order valence-corrected chi connectivity index (χ3v) is 1.64. The lowest BCUT2D eigenvalue weighted by Crippen LogP contribution is -2.21. The van der Waals surface area contributed by atoms with Crippen molar-refractivity contribution in [3.8, 4) is 0 Å². The normalized spacial score (nSPS) is 11.7. The van der Waals surface area contributed by atoms with Crippen molar-refractivity contribution in [3.05, 3.63) is 24.0 Å². The summed E-state index contributed by atoms with van der Waals surface area (Å²) >= 11 is 0. The molecule has 2 nitrogen and oxygen atoms in total. The van der Waals surface area contributed by atoms with Gasteiger partial charge in [-0.1, -0.05) is 0 Å². The first-order valence-corrected chi connectivity index (χ1v) is 3.94. The van der Waals surface area contributed by atoms with Gasteiger partial charge in [0.25, 0.3) is 5.92 Å². The number of alkyl halides is 2. The van der Waals surface area contributed by atoms with Crippen LogP contribution in [0, 0.1) is 0 Å². The molecule has 1 aromatic heterocycles. The van der Waals surface area contributed by atoms with Crippen LogP contribution >= 0.6 is 0 Å². The van der Waals surface area contributed by atoms with Gasteiger partial charge in [0.1, 0.15) is 0 Å². The van der Waals surface area contributed by atoms with Crippen molar-refractivity contribution in [1.29, 1.82) is 0 Å². The predicted molar refractivity (Wildman–Crippen MR) is 45.1 cm³/mol. The number of aromatic nitrogens is 1. The Balaban J connectivity index is 2.89. The summed E-state index contributed by atoms with van der Waals surface area (Å²) in [6, 6.07) is 3.12. The maximum atomic E-state index is 12.6. The molecule has 0 fully saturated rings. The van der Waals surface area contributed by atoms with E-state index in [2.05, 4.69) is 0 Å². The standard InChI is InChI=1S/C9H11F2NO/c1-7(13)8-4-3-5-12(8)6-9(2,10)11/h3-5H,6H2,1-2H3. The number of halogens is 2. The topological polar surface area (TPSA) is 22.0 Å². The Hall–Kier alpha value is -1.19. The fraction of sp³-hybridized carbons (Fsp3) is 0.444. The molecule has 1 aromatic rings. The van der Waals surface area contributed by atoms with E-state index in [1.165, 1.54) is 23.8 Å².